The van der Waals surface area contributed by atoms with Crippen LogP contribution < -0.4 is 16.4 Å². The third-order valence-corrected chi connectivity index (χ3v) is 3.36. The molecule has 3 rings (SSSR count). The van der Waals surface area contributed by atoms with Gasteiger partial charge in [-0.25, -0.2) is 4.98 Å². The lowest BCUT2D eigenvalue weighted by Crippen LogP contribution is -2.14. The molecule has 6 nitrogen and oxygen atoms in total. The quantitative estimate of drug-likeness (QED) is 0.722. The lowest BCUT2D eigenvalue weighted by atomic mass is 10.1. The Morgan fingerprint density at radius 1 is 0.652 bits per heavy atom. The summed E-state index contributed by atoms with van der Waals surface area (Å²) in [6.45, 7) is 0. The average molecular weight is 306 g/mol. The predicted molar refractivity (Wildman–Crippen MR) is 93.9 cm³/mol. The first kappa shape index (κ1) is 14.8. The molecular formula is C17H18N6. The molecule has 0 unspecified atom stereocenters. The molecule has 0 saturated carbocycles. The van der Waals surface area contributed by atoms with Gasteiger partial charge >= 0.3 is 0 Å². The van der Waals surface area contributed by atoms with E-state index in [1.807, 2.05) is 67.5 Å². The Morgan fingerprint density at radius 2 is 1.04 bits per heavy atom. The standard InChI is InChI=1S/C17H18N6/c1-23(2)17-21-15(11-3-7-13(18)8-4-11)20-16(22-17)12-5-9-14(19)10-6-12/h3-10H,18-19H2,1-2H3. The van der Waals surface area contributed by atoms with Crippen LogP contribution in [0.5, 0.6) is 0 Å². The normalized spacial score (nSPS) is 10.5. The van der Waals surface area contributed by atoms with E-state index in [1.165, 1.54) is 0 Å². The first-order valence-corrected chi connectivity index (χ1v) is 7.18. The fourth-order valence-corrected chi connectivity index (χ4v) is 2.09. The number of rotatable bonds is 3. The van der Waals surface area contributed by atoms with Crippen LogP contribution in [-0.2, 0) is 0 Å². The summed E-state index contributed by atoms with van der Waals surface area (Å²) in [6, 6.07) is 14.9. The fourth-order valence-electron chi connectivity index (χ4n) is 2.09. The van der Waals surface area contributed by atoms with Gasteiger partial charge in [-0.1, -0.05) is 0 Å². The van der Waals surface area contributed by atoms with Crippen molar-refractivity contribution in [2.75, 3.05) is 30.5 Å². The van der Waals surface area contributed by atoms with Crippen molar-refractivity contribution in [3.05, 3.63) is 48.5 Å². The minimum Gasteiger partial charge on any atom is -0.399 e. The van der Waals surface area contributed by atoms with Crippen molar-refractivity contribution < 1.29 is 0 Å². The van der Waals surface area contributed by atoms with Crippen molar-refractivity contribution >= 4 is 17.3 Å². The van der Waals surface area contributed by atoms with E-state index >= 15 is 0 Å². The summed E-state index contributed by atoms with van der Waals surface area (Å²) in [5.41, 5.74) is 14.7. The Balaban J connectivity index is 2.13. The van der Waals surface area contributed by atoms with Crippen LogP contribution >= 0.6 is 0 Å². The van der Waals surface area contributed by atoms with E-state index in [1.54, 1.807) is 0 Å². The lowest BCUT2D eigenvalue weighted by Gasteiger charge is -2.13. The third-order valence-electron chi connectivity index (χ3n) is 3.36. The Kier molecular flexibility index (Phi) is 3.80. The zero-order chi connectivity index (χ0) is 16.4. The largest absolute Gasteiger partial charge is 0.399 e. The molecule has 0 spiro atoms. The molecule has 1 aromatic heterocycles. The molecular weight excluding hydrogens is 288 g/mol. The van der Waals surface area contributed by atoms with Gasteiger partial charge in [0.05, 0.1) is 0 Å². The Bertz CT molecular complexity index is 746. The molecule has 2 aromatic carbocycles. The second-order valence-corrected chi connectivity index (χ2v) is 5.42. The maximum absolute atomic E-state index is 5.74. The van der Waals surface area contributed by atoms with Gasteiger partial charge in [-0.2, -0.15) is 9.97 Å². The zero-order valence-electron chi connectivity index (χ0n) is 13.1. The van der Waals surface area contributed by atoms with E-state index in [9.17, 15) is 0 Å². The van der Waals surface area contributed by atoms with Crippen LogP contribution in [0.2, 0.25) is 0 Å². The van der Waals surface area contributed by atoms with Gasteiger partial charge in [0, 0.05) is 36.6 Å². The molecule has 0 bridgehead atoms. The van der Waals surface area contributed by atoms with Gasteiger partial charge in [0.25, 0.3) is 0 Å². The van der Waals surface area contributed by atoms with E-state index in [2.05, 4.69) is 15.0 Å². The van der Waals surface area contributed by atoms with Gasteiger partial charge in [0.2, 0.25) is 5.95 Å². The molecule has 1 heterocycles. The van der Waals surface area contributed by atoms with Crippen molar-refractivity contribution in [3.8, 4) is 22.8 Å². The van der Waals surface area contributed by atoms with Crippen molar-refractivity contribution in [3.63, 3.8) is 0 Å². The molecule has 23 heavy (non-hydrogen) atoms. The molecule has 0 radical (unpaired) electrons. The number of nitrogens with zero attached hydrogens (tertiary/aromatic N) is 4. The number of nitrogen functional groups attached to an aromatic ring is 2. The van der Waals surface area contributed by atoms with Crippen LogP contribution in [0.4, 0.5) is 17.3 Å². The SMILES string of the molecule is CN(C)c1nc(-c2ccc(N)cc2)nc(-c2ccc(N)cc2)n1. The van der Waals surface area contributed by atoms with Crippen LogP contribution in [0.25, 0.3) is 22.8 Å². The minimum atomic E-state index is 0.596. The smallest absolute Gasteiger partial charge is 0.228 e. The number of nitrogens with two attached hydrogens (primary N) is 2. The highest BCUT2D eigenvalue weighted by molar-refractivity contribution is 5.65. The highest BCUT2D eigenvalue weighted by Crippen LogP contribution is 2.23. The fraction of sp³-hybridized carbons (Fsp3) is 0.118. The molecule has 0 aliphatic rings. The van der Waals surface area contributed by atoms with Gasteiger partial charge in [-0.3, -0.25) is 0 Å². The van der Waals surface area contributed by atoms with E-state index < -0.39 is 0 Å². The molecule has 0 aliphatic carbocycles. The maximum Gasteiger partial charge on any atom is 0.228 e. The molecule has 3 aromatic rings. The zero-order valence-corrected chi connectivity index (χ0v) is 13.1. The molecule has 0 aliphatic heterocycles. The van der Waals surface area contributed by atoms with Gasteiger partial charge in [-0.05, 0) is 48.5 Å². The van der Waals surface area contributed by atoms with Crippen molar-refractivity contribution in [1.29, 1.82) is 0 Å². The van der Waals surface area contributed by atoms with E-state index in [0.717, 1.165) is 11.1 Å². The lowest BCUT2D eigenvalue weighted by molar-refractivity contribution is 0.967. The van der Waals surface area contributed by atoms with Gasteiger partial charge < -0.3 is 16.4 Å². The van der Waals surface area contributed by atoms with E-state index in [-0.39, 0.29) is 0 Å². The topological polar surface area (TPSA) is 94.0 Å². The number of aromatic nitrogens is 3. The first-order valence-electron chi connectivity index (χ1n) is 7.18. The molecule has 0 atom stereocenters. The molecule has 0 saturated heterocycles. The van der Waals surface area contributed by atoms with Crippen LogP contribution in [0, 0.1) is 0 Å². The number of hydrogen-bond acceptors (Lipinski definition) is 6. The van der Waals surface area contributed by atoms with Crippen LogP contribution in [-0.4, -0.2) is 29.0 Å². The molecule has 6 heteroatoms. The number of hydrogen-bond donors (Lipinski definition) is 2. The Labute approximate surface area is 134 Å². The second-order valence-electron chi connectivity index (χ2n) is 5.42. The van der Waals surface area contributed by atoms with Crippen LogP contribution in [0.1, 0.15) is 0 Å². The molecule has 0 fully saturated rings. The monoisotopic (exact) mass is 306 g/mol. The molecule has 4 N–H and O–H groups in total. The predicted octanol–water partition coefficient (Wildman–Crippen LogP) is 2.44. The summed E-state index contributed by atoms with van der Waals surface area (Å²) >= 11 is 0. The summed E-state index contributed by atoms with van der Waals surface area (Å²) < 4.78 is 0. The van der Waals surface area contributed by atoms with Crippen LogP contribution in [0.15, 0.2) is 48.5 Å². The van der Waals surface area contributed by atoms with E-state index in [4.69, 9.17) is 11.5 Å². The van der Waals surface area contributed by atoms with E-state index in [0.29, 0.717) is 29.0 Å². The number of anilines is 3. The third kappa shape index (κ3) is 3.21. The number of benzene rings is 2. The Morgan fingerprint density at radius 3 is 1.39 bits per heavy atom. The maximum atomic E-state index is 5.74. The summed E-state index contributed by atoms with van der Waals surface area (Å²) in [6.07, 6.45) is 0. The highest BCUT2D eigenvalue weighted by atomic mass is 15.2. The Hall–Kier alpha value is -3.15. The summed E-state index contributed by atoms with van der Waals surface area (Å²) in [5.74, 6) is 1.81. The second kappa shape index (κ2) is 5.92. The van der Waals surface area contributed by atoms with Crippen molar-refractivity contribution in [1.82, 2.24) is 15.0 Å². The summed E-state index contributed by atoms with van der Waals surface area (Å²) in [5, 5.41) is 0. The van der Waals surface area contributed by atoms with Crippen molar-refractivity contribution in [2.45, 2.75) is 0 Å². The van der Waals surface area contributed by atoms with Crippen molar-refractivity contribution in [2.24, 2.45) is 0 Å². The average Bonchev–Trinajstić information content (AvgIpc) is 2.55. The van der Waals surface area contributed by atoms with Crippen LogP contribution in [0.3, 0.4) is 0 Å². The summed E-state index contributed by atoms with van der Waals surface area (Å²) in [4.78, 5) is 15.5. The van der Waals surface area contributed by atoms with Gasteiger partial charge in [0.1, 0.15) is 0 Å². The first-order chi connectivity index (χ1) is 11.0. The van der Waals surface area contributed by atoms with Gasteiger partial charge in [0.15, 0.2) is 11.6 Å². The molecule has 116 valence electrons. The highest BCUT2D eigenvalue weighted by Gasteiger charge is 2.11. The summed E-state index contributed by atoms with van der Waals surface area (Å²) in [7, 11) is 3.80. The van der Waals surface area contributed by atoms with Gasteiger partial charge in [-0.15, -0.1) is 0 Å². The minimum absolute atomic E-state index is 0.596. The molecule has 0 amide bonds.